The summed E-state index contributed by atoms with van der Waals surface area (Å²) in [6.07, 6.45) is 4.48. The molecular weight excluding hydrogens is 336 g/mol. The SMILES string of the molecule is CCCCC(CC)COC(=O)C(C)OC(=O)CCCOC(=O)C(C)CC. The average molecular weight is 373 g/mol. The van der Waals surface area contributed by atoms with Crippen LogP contribution in [0.15, 0.2) is 0 Å². The van der Waals surface area contributed by atoms with Crippen molar-refractivity contribution in [3.05, 3.63) is 0 Å². The summed E-state index contributed by atoms with van der Waals surface area (Å²) in [4.78, 5) is 35.2. The second-order valence-corrected chi connectivity index (χ2v) is 6.76. The molecule has 0 rings (SSSR count). The summed E-state index contributed by atoms with van der Waals surface area (Å²) in [5.74, 6) is -1.06. The van der Waals surface area contributed by atoms with E-state index >= 15 is 0 Å². The smallest absolute Gasteiger partial charge is 0.347 e. The first-order valence-electron chi connectivity index (χ1n) is 9.88. The highest BCUT2D eigenvalue weighted by molar-refractivity contribution is 5.79. The maximum Gasteiger partial charge on any atom is 0.347 e. The molecule has 26 heavy (non-hydrogen) atoms. The first-order valence-corrected chi connectivity index (χ1v) is 9.88. The highest BCUT2D eigenvalue weighted by Crippen LogP contribution is 2.13. The summed E-state index contributed by atoms with van der Waals surface area (Å²) in [5, 5.41) is 0. The molecule has 0 saturated heterocycles. The van der Waals surface area contributed by atoms with E-state index in [1.165, 1.54) is 6.92 Å². The Morgan fingerprint density at radius 1 is 0.885 bits per heavy atom. The molecule has 0 fully saturated rings. The van der Waals surface area contributed by atoms with Crippen molar-refractivity contribution in [2.24, 2.45) is 11.8 Å². The third-order valence-corrected chi connectivity index (χ3v) is 4.43. The van der Waals surface area contributed by atoms with Gasteiger partial charge < -0.3 is 14.2 Å². The minimum absolute atomic E-state index is 0.0967. The number of unbranched alkanes of at least 4 members (excludes halogenated alkanes) is 1. The molecule has 0 spiro atoms. The second-order valence-electron chi connectivity index (χ2n) is 6.76. The van der Waals surface area contributed by atoms with Crippen LogP contribution in [0.4, 0.5) is 0 Å². The standard InChI is InChI=1S/C20H36O6/c1-6-9-11-17(8-3)14-25-20(23)16(5)26-18(21)12-10-13-24-19(22)15(4)7-2/h15-17H,6-14H2,1-5H3. The lowest BCUT2D eigenvalue weighted by atomic mass is 10.0. The summed E-state index contributed by atoms with van der Waals surface area (Å²) in [7, 11) is 0. The van der Waals surface area contributed by atoms with Gasteiger partial charge in [-0.3, -0.25) is 9.59 Å². The van der Waals surface area contributed by atoms with Crippen LogP contribution in [0, 0.1) is 11.8 Å². The van der Waals surface area contributed by atoms with E-state index in [4.69, 9.17) is 14.2 Å². The van der Waals surface area contributed by atoms with E-state index < -0.39 is 18.0 Å². The Balaban J connectivity index is 3.98. The molecule has 0 saturated carbocycles. The van der Waals surface area contributed by atoms with Crippen LogP contribution < -0.4 is 0 Å². The first-order chi connectivity index (χ1) is 12.3. The van der Waals surface area contributed by atoms with Gasteiger partial charge in [-0.2, -0.15) is 0 Å². The van der Waals surface area contributed by atoms with Crippen LogP contribution in [0.25, 0.3) is 0 Å². The summed E-state index contributed by atoms with van der Waals surface area (Å²) < 4.78 is 15.4. The van der Waals surface area contributed by atoms with Crippen LogP contribution in [0.2, 0.25) is 0 Å². The van der Waals surface area contributed by atoms with Crippen molar-refractivity contribution >= 4 is 17.9 Å². The third-order valence-electron chi connectivity index (χ3n) is 4.43. The van der Waals surface area contributed by atoms with Crippen molar-refractivity contribution in [3.63, 3.8) is 0 Å². The highest BCUT2D eigenvalue weighted by Gasteiger charge is 2.20. The lowest BCUT2D eigenvalue weighted by Crippen LogP contribution is -2.28. The fraction of sp³-hybridized carbons (Fsp3) is 0.850. The van der Waals surface area contributed by atoms with E-state index in [1.54, 1.807) is 6.92 Å². The largest absolute Gasteiger partial charge is 0.465 e. The molecule has 0 bridgehead atoms. The molecular formula is C20H36O6. The van der Waals surface area contributed by atoms with Crippen LogP contribution in [0.3, 0.4) is 0 Å². The van der Waals surface area contributed by atoms with E-state index in [0.717, 1.165) is 32.1 Å². The highest BCUT2D eigenvalue weighted by atomic mass is 16.6. The van der Waals surface area contributed by atoms with Crippen molar-refractivity contribution in [1.29, 1.82) is 0 Å². The molecule has 0 aliphatic heterocycles. The van der Waals surface area contributed by atoms with E-state index in [2.05, 4.69) is 13.8 Å². The van der Waals surface area contributed by atoms with Crippen molar-refractivity contribution in [2.75, 3.05) is 13.2 Å². The van der Waals surface area contributed by atoms with E-state index in [1.807, 2.05) is 6.92 Å². The Kier molecular flexibility index (Phi) is 13.7. The topological polar surface area (TPSA) is 78.9 Å². The quantitative estimate of drug-likeness (QED) is 0.260. The van der Waals surface area contributed by atoms with Gasteiger partial charge in [0.2, 0.25) is 0 Å². The zero-order valence-electron chi connectivity index (χ0n) is 17.0. The monoisotopic (exact) mass is 372 g/mol. The molecule has 6 heteroatoms. The van der Waals surface area contributed by atoms with Crippen molar-refractivity contribution in [3.8, 4) is 0 Å². The molecule has 0 aliphatic rings. The van der Waals surface area contributed by atoms with Crippen LogP contribution in [-0.4, -0.2) is 37.2 Å². The maximum atomic E-state index is 11.9. The van der Waals surface area contributed by atoms with Gasteiger partial charge in [-0.05, 0) is 32.1 Å². The number of carbonyl (C=O) groups excluding carboxylic acids is 3. The zero-order chi connectivity index (χ0) is 19.9. The predicted octanol–water partition coefficient (Wildman–Crippen LogP) is 4.05. The molecule has 3 unspecified atom stereocenters. The number of hydrogen-bond acceptors (Lipinski definition) is 6. The zero-order valence-corrected chi connectivity index (χ0v) is 17.0. The molecule has 0 heterocycles. The Labute approximate surface area is 157 Å². The van der Waals surface area contributed by atoms with Gasteiger partial charge >= 0.3 is 17.9 Å². The lowest BCUT2D eigenvalue weighted by Gasteiger charge is -2.17. The Morgan fingerprint density at radius 2 is 1.58 bits per heavy atom. The van der Waals surface area contributed by atoms with Crippen molar-refractivity contribution in [2.45, 2.75) is 85.7 Å². The van der Waals surface area contributed by atoms with Gasteiger partial charge in [0, 0.05) is 6.42 Å². The fourth-order valence-electron chi connectivity index (χ4n) is 2.22. The molecule has 0 aliphatic carbocycles. The van der Waals surface area contributed by atoms with Gasteiger partial charge in [-0.15, -0.1) is 0 Å². The summed E-state index contributed by atoms with van der Waals surface area (Å²) in [6.45, 7) is 9.97. The minimum atomic E-state index is -0.922. The van der Waals surface area contributed by atoms with Crippen molar-refractivity contribution < 1.29 is 28.6 Å². The Bertz CT molecular complexity index is 421. The molecule has 3 atom stereocenters. The molecule has 0 aromatic rings. The Morgan fingerprint density at radius 3 is 2.15 bits per heavy atom. The lowest BCUT2D eigenvalue weighted by molar-refractivity contribution is -0.167. The number of esters is 3. The summed E-state index contributed by atoms with van der Waals surface area (Å²) >= 11 is 0. The van der Waals surface area contributed by atoms with Gasteiger partial charge in [0.15, 0.2) is 6.10 Å². The van der Waals surface area contributed by atoms with E-state index in [0.29, 0.717) is 18.9 Å². The van der Waals surface area contributed by atoms with Gasteiger partial charge in [-0.1, -0.05) is 47.0 Å². The number of hydrogen-bond donors (Lipinski definition) is 0. The minimum Gasteiger partial charge on any atom is -0.465 e. The van der Waals surface area contributed by atoms with Crippen LogP contribution in [0.1, 0.15) is 79.6 Å². The van der Waals surface area contributed by atoms with Gasteiger partial charge in [0.1, 0.15) is 0 Å². The fourth-order valence-corrected chi connectivity index (χ4v) is 2.22. The molecule has 0 amide bonds. The molecule has 0 N–H and O–H groups in total. The Hall–Kier alpha value is -1.59. The summed E-state index contributed by atoms with van der Waals surface area (Å²) in [5.41, 5.74) is 0. The number of rotatable bonds is 14. The van der Waals surface area contributed by atoms with Gasteiger partial charge in [0.25, 0.3) is 0 Å². The normalized spacial score (nSPS) is 14.2. The van der Waals surface area contributed by atoms with Crippen molar-refractivity contribution in [1.82, 2.24) is 0 Å². The van der Waals surface area contributed by atoms with E-state index in [9.17, 15) is 14.4 Å². The number of ether oxygens (including phenoxy) is 3. The third kappa shape index (κ3) is 11.1. The summed E-state index contributed by atoms with van der Waals surface area (Å²) in [6, 6.07) is 0. The van der Waals surface area contributed by atoms with Gasteiger partial charge in [0.05, 0.1) is 19.1 Å². The van der Waals surface area contributed by atoms with Crippen LogP contribution in [0.5, 0.6) is 0 Å². The molecule has 0 aromatic heterocycles. The second kappa shape index (κ2) is 14.6. The molecule has 152 valence electrons. The molecule has 6 nitrogen and oxygen atoms in total. The van der Waals surface area contributed by atoms with Crippen LogP contribution in [-0.2, 0) is 28.6 Å². The van der Waals surface area contributed by atoms with Gasteiger partial charge in [-0.25, -0.2) is 4.79 Å². The average Bonchev–Trinajstić information content (AvgIpc) is 2.64. The number of carbonyl (C=O) groups is 3. The maximum absolute atomic E-state index is 11.9. The first kappa shape index (κ1) is 24.4. The molecule has 0 aromatic carbocycles. The molecule has 0 radical (unpaired) electrons. The van der Waals surface area contributed by atoms with Crippen LogP contribution >= 0.6 is 0 Å². The van der Waals surface area contributed by atoms with E-state index in [-0.39, 0.29) is 24.9 Å². The predicted molar refractivity (Wildman–Crippen MR) is 99.5 cm³/mol.